The second kappa shape index (κ2) is 11.1. The van der Waals surface area contributed by atoms with Crippen LogP contribution in [-0.2, 0) is 19.1 Å². The van der Waals surface area contributed by atoms with E-state index in [0.29, 0.717) is 12.3 Å². The molecule has 0 aromatic rings. The molecule has 1 unspecified atom stereocenters. The van der Waals surface area contributed by atoms with Crippen LogP contribution in [0.2, 0.25) is 0 Å². The Hall–Kier alpha value is -1.79. The van der Waals surface area contributed by atoms with Crippen LogP contribution in [0.1, 0.15) is 79.1 Å². The van der Waals surface area contributed by atoms with Gasteiger partial charge >= 0.3 is 18.0 Å². The first-order valence-electron chi connectivity index (χ1n) is 9.99. The predicted octanol–water partition coefficient (Wildman–Crippen LogP) is 4.10. The van der Waals surface area contributed by atoms with E-state index in [-0.39, 0.29) is 31.3 Å². The van der Waals surface area contributed by atoms with Gasteiger partial charge in [-0.1, -0.05) is 47.0 Å². The van der Waals surface area contributed by atoms with Gasteiger partial charge in [-0.2, -0.15) is 0 Å². The second-order valence-corrected chi connectivity index (χ2v) is 8.42. The van der Waals surface area contributed by atoms with E-state index in [1.807, 2.05) is 13.8 Å². The summed E-state index contributed by atoms with van der Waals surface area (Å²) >= 11 is 0. The molecule has 27 heavy (non-hydrogen) atoms. The van der Waals surface area contributed by atoms with Crippen molar-refractivity contribution in [2.75, 3.05) is 6.54 Å². The van der Waals surface area contributed by atoms with Gasteiger partial charge in [0, 0.05) is 18.9 Å². The van der Waals surface area contributed by atoms with Gasteiger partial charge in [0.2, 0.25) is 0 Å². The first kappa shape index (κ1) is 23.2. The van der Waals surface area contributed by atoms with Gasteiger partial charge in [0.05, 0.1) is 6.42 Å². The zero-order valence-electron chi connectivity index (χ0n) is 17.1. The molecular formula is C20H35NO6. The van der Waals surface area contributed by atoms with E-state index in [1.54, 1.807) is 13.8 Å². The lowest BCUT2D eigenvalue weighted by Gasteiger charge is -2.36. The lowest BCUT2D eigenvalue weighted by Crippen LogP contribution is -2.42. The number of aliphatic carboxylic acids is 1. The lowest BCUT2D eigenvalue weighted by atomic mass is 9.72. The van der Waals surface area contributed by atoms with Crippen molar-refractivity contribution < 1.29 is 29.0 Å². The van der Waals surface area contributed by atoms with Crippen molar-refractivity contribution >= 4 is 18.0 Å². The topological polar surface area (TPSA) is 102 Å². The zero-order chi connectivity index (χ0) is 20.4. The average Bonchev–Trinajstić information content (AvgIpc) is 2.58. The number of esters is 1. The highest BCUT2D eigenvalue weighted by molar-refractivity contribution is 5.71. The van der Waals surface area contributed by atoms with E-state index in [4.69, 9.17) is 9.47 Å². The molecule has 0 heterocycles. The Morgan fingerprint density at radius 3 is 2.19 bits per heavy atom. The van der Waals surface area contributed by atoms with E-state index in [9.17, 15) is 19.5 Å². The molecule has 1 saturated carbocycles. The first-order chi connectivity index (χ1) is 12.6. The number of carbonyl (C=O) groups excluding carboxylic acids is 2. The Morgan fingerprint density at radius 2 is 1.67 bits per heavy atom. The number of carboxylic acids is 1. The molecule has 1 aliphatic rings. The van der Waals surface area contributed by atoms with E-state index in [0.717, 1.165) is 32.1 Å². The molecule has 7 heteroatoms. The smallest absolute Gasteiger partial charge is 0.410 e. The summed E-state index contributed by atoms with van der Waals surface area (Å²) in [6.45, 7) is 7.91. The predicted molar refractivity (Wildman–Crippen MR) is 101 cm³/mol. The van der Waals surface area contributed by atoms with Gasteiger partial charge in [-0.15, -0.1) is 0 Å². The van der Waals surface area contributed by atoms with Gasteiger partial charge < -0.3 is 19.9 Å². The number of alkyl carbamates (subject to hydrolysis) is 1. The molecule has 1 atom stereocenters. The van der Waals surface area contributed by atoms with Crippen molar-refractivity contribution in [1.82, 2.24) is 5.32 Å². The number of rotatable bonds is 10. The summed E-state index contributed by atoms with van der Waals surface area (Å²) in [6, 6.07) is 0. The molecule has 1 fully saturated rings. The minimum absolute atomic E-state index is 0.0328. The summed E-state index contributed by atoms with van der Waals surface area (Å²) in [5, 5.41) is 11.9. The molecule has 0 spiro atoms. The van der Waals surface area contributed by atoms with Gasteiger partial charge in [-0.05, 0) is 30.6 Å². The SMILES string of the molecule is CC(C)CCC(=O)OC(OC(=O)NCC1(CC(=O)O)CCCCC1)C(C)C. The molecular weight excluding hydrogens is 350 g/mol. The number of ether oxygens (including phenoxy) is 2. The van der Waals surface area contributed by atoms with Crippen LogP contribution >= 0.6 is 0 Å². The highest BCUT2D eigenvalue weighted by atomic mass is 16.7. The number of hydrogen-bond acceptors (Lipinski definition) is 5. The summed E-state index contributed by atoms with van der Waals surface area (Å²) in [7, 11) is 0. The van der Waals surface area contributed by atoms with Crippen LogP contribution < -0.4 is 5.32 Å². The van der Waals surface area contributed by atoms with Crippen LogP contribution in [-0.4, -0.2) is 36.0 Å². The fourth-order valence-electron chi connectivity index (χ4n) is 3.34. The van der Waals surface area contributed by atoms with Gasteiger partial charge in [0.1, 0.15) is 0 Å². The van der Waals surface area contributed by atoms with Gasteiger partial charge in [-0.3, -0.25) is 9.59 Å². The first-order valence-corrected chi connectivity index (χ1v) is 9.99. The van der Waals surface area contributed by atoms with E-state index in [1.165, 1.54) is 0 Å². The Labute approximate surface area is 162 Å². The fraction of sp³-hybridized carbons (Fsp3) is 0.850. The van der Waals surface area contributed by atoms with Crippen LogP contribution in [0.15, 0.2) is 0 Å². The van der Waals surface area contributed by atoms with E-state index >= 15 is 0 Å². The molecule has 2 N–H and O–H groups in total. The van der Waals surface area contributed by atoms with Crippen molar-refractivity contribution in [3.63, 3.8) is 0 Å². The quantitative estimate of drug-likeness (QED) is 0.434. The van der Waals surface area contributed by atoms with Crippen LogP contribution in [0.5, 0.6) is 0 Å². The molecule has 0 radical (unpaired) electrons. The van der Waals surface area contributed by atoms with Gasteiger partial charge in [0.25, 0.3) is 6.29 Å². The highest BCUT2D eigenvalue weighted by Gasteiger charge is 2.35. The van der Waals surface area contributed by atoms with Crippen molar-refractivity contribution in [3.05, 3.63) is 0 Å². The number of amides is 1. The molecule has 1 aliphatic carbocycles. The molecule has 0 aromatic carbocycles. The molecule has 0 aliphatic heterocycles. The van der Waals surface area contributed by atoms with Gasteiger partial charge in [-0.25, -0.2) is 4.79 Å². The number of carbonyl (C=O) groups is 3. The third-order valence-corrected chi connectivity index (χ3v) is 4.99. The summed E-state index contributed by atoms with van der Waals surface area (Å²) in [5.41, 5.74) is -0.426. The van der Waals surface area contributed by atoms with Crippen molar-refractivity contribution in [2.24, 2.45) is 17.3 Å². The van der Waals surface area contributed by atoms with Crippen molar-refractivity contribution in [3.8, 4) is 0 Å². The Balaban J connectivity index is 2.55. The van der Waals surface area contributed by atoms with Crippen molar-refractivity contribution in [2.45, 2.75) is 85.4 Å². The van der Waals surface area contributed by atoms with Crippen LogP contribution in [0.25, 0.3) is 0 Å². The van der Waals surface area contributed by atoms with Gasteiger partial charge in [0.15, 0.2) is 0 Å². The summed E-state index contributed by atoms with van der Waals surface area (Å²) in [5.74, 6) is -1.03. The van der Waals surface area contributed by atoms with E-state index in [2.05, 4.69) is 5.32 Å². The third kappa shape index (κ3) is 9.11. The van der Waals surface area contributed by atoms with Crippen LogP contribution in [0.4, 0.5) is 4.79 Å². The Bertz CT molecular complexity index is 497. The molecule has 0 saturated heterocycles. The Morgan fingerprint density at radius 1 is 1.04 bits per heavy atom. The average molecular weight is 386 g/mol. The molecule has 1 rings (SSSR count). The minimum Gasteiger partial charge on any atom is -0.481 e. The molecule has 1 amide bonds. The summed E-state index contributed by atoms with van der Waals surface area (Å²) in [4.78, 5) is 35.3. The third-order valence-electron chi connectivity index (χ3n) is 4.99. The number of hydrogen-bond donors (Lipinski definition) is 2. The molecule has 0 aromatic heterocycles. The minimum atomic E-state index is -0.952. The molecule has 156 valence electrons. The lowest BCUT2D eigenvalue weighted by molar-refractivity contribution is -0.175. The largest absolute Gasteiger partial charge is 0.481 e. The molecule has 7 nitrogen and oxygen atoms in total. The summed E-state index contributed by atoms with van der Waals surface area (Å²) < 4.78 is 10.6. The van der Waals surface area contributed by atoms with Crippen LogP contribution in [0, 0.1) is 17.3 Å². The maximum Gasteiger partial charge on any atom is 0.410 e. The van der Waals surface area contributed by atoms with Crippen LogP contribution in [0.3, 0.4) is 0 Å². The fourth-order valence-corrected chi connectivity index (χ4v) is 3.34. The maximum atomic E-state index is 12.2. The zero-order valence-corrected chi connectivity index (χ0v) is 17.1. The van der Waals surface area contributed by atoms with Crippen molar-refractivity contribution in [1.29, 1.82) is 0 Å². The standard InChI is InChI=1S/C20H35NO6/c1-14(2)8-9-17(24)26-18(15(3)4)27-19(25)21-13-20(12-16(22)23)10-6-5-7-11-20/h14-15,18H,5-13H2,1-4H3,(H,21,25)(H,22,23). The number of nitrogens with one attached hydrogen (secondary N) is 1. The molecule has 0 bridgehead atoms. The maximum absolute atomic E-state index is 12.2. The highest BCUT2D eigenvalue weighted by Crippen LogP contribution is 2.38. The number of carboxylic acid groups (broad SMARTS) is 1. The Kier molecular flexibility index (Phi) is 9.60. The van der Waals surface area contributed by atoms with E-state index < -0.39 is 23.8 Å². The summed E-state index contributed by atoms with van der Waals surface area (Å²) in [6.07, 6.45) is 3.97. The second-order valence-electron chi connectivity index (χ2n) is 8.42. The monoisotopic (exact) mass is 385 g/mol. The normalized spacial score (nSPS) is 17.4.